The second kappa shape index (κ2) is 4.97. The lowest BCUT2D eigenvalue weighted by Crippen LogP contribution is -2.39. The Morgan fingerprint density at radius 2 is 2.33 bits per heavy atom. The smallest absolute Gasteiger partial charge is 0.306 e. The summed E-state index contributed by atoms with van der Waals surface area (Å²) in [6.07, 6.45) is -0.0333. The third kappa shape index (κ3) is 2.82. The van der Waals surface area contributed by atoms with Crippen molar-refractivity contribution in [3.05, 3.63) is 0 Å². The second-order valence-corrected chi connectivity index (χ2v) is 3.36. The summed E-state index contributed by atoms with van der Waals surface area (Å²) in [5.41, 5.74) is 2.34. The first-order valence-electron chi connectivity index (χ1n) is 4.32. The number of carbonyl (C=O) groups is 3. The number of rotatable bonds is 3. The predicted molar refractivity (Wildman–Crippen MR) is 50.7 cm³/mol. The normalized spacial score (nSPS) is 20.0. The van der Waals surface area contributed by atoms with Crippen LogP contribution < -0.4 is 5.43 Å². The monoisotopic (exact) mass is 234 g/mol. The van der Waals surface area contributed by atoms with Crippen molar-refractivity contribution in [1.82, 2.24) is 10.4 Å². The van der Waals surface area contributed by atoms with Gasteiger partial charge in [-0.05, 0) is 0 Å². The maximum atomic E-state index is 11.3. The van der Waals surface area contributed by atoms with Gasteiger partial charge >= 0.3 is 5.97 Å². The molecule has 1 saturated heterocycles. The predicted octanol–water partition coefficient (Wildman–Crippen LogP) is -0.722. The van der Waals surface area contributed by atoms with Gasteiger partial charge in [0.25, 0.3) is 5.91 Å². The van der Waals surface area contributed by atoms with E-state index in [9.17, 15) is 14.4 Å². The number of esters is 1. The van der Waals surface area contributed by atoms with Crippen LogP contribution in [0.5, 0.6) is 0 Å². The lowest BCUT2D eigenvalue weighted by molar-refractivity contribution is -0.143. The van der Waals surface area contributed by atoms with E-state index in [2.05, 4.69) is 10.2 Å². The number of hydrogen-bond acceptors (Lipinski definition) is 4. The fourth-order valence-corrected chi connectivity index (χ4v) is 1.40. The summed E-state index contributed by atoms with van der Waals surface area (Å²) in [6.45, 7) is 0.152. The molecule has 6 nitrogen and oxygen atoms in total. The highest BCUT2D eigenvalue weighted by molar-refractivity contribution is 6.27. The van der Waals surface area contributed by atoms with E-state index in [0.29, 0.717) is 0 Å². The number of ether oxygens (including phenoxy) is 1. The summed E-state index contributed by atoms with van der Waals surface area (Å²) in [6, 6.07) is 0. The van der Waals surface area contributed by atoms with Gasteiger partial charge in [0, 0.05) is 0 Å². The van der Waals surface area contributed by atoms with Gasteiger partial charge in [-0.1, -0.05) is 0 Å². The molecule has 0 radical (unpaired) electrons. The topological polar surface area (TPSA) is 75.7 Å². The van der Waals surface area contributed by atoms with Crippen molar-refractivity contribution < 1.29 is 19.1 Å². The van der Waals surface area contributed by atoms with Crippen LogP contribution in [0.15, 0.2) is 0 Å². The van der Waals surface area contributed by atoms with Crippen LogP contribution in [-0.4, -0.2) is 42.3 Å². The minimum absolute atomic E-state index is 0.0333. The fraction of sp³-hybridized carbons (Fsp3) is 0.625. The van der Waals surface area contributed by atoms with Gasteiger partial charge < -0.3 is 4.74 Å². The van der Waals surface area contributed by atoms with Gasteiger partial charge in [-0.2, -0.15) is 0 Å². The molecule has 1 atom stereocenters. The average molecular weight is 235 g/mol. The van der Waals surface area contributed by atoms with E-state index in [4.69, 9.17) is 11.6 Å². The molecule has 15 heavy (non-hydrogen) atoms. The van der Waals surface area contributed by atoms with Crippen molar-refractivity contribution in [2.24, 2.45) is 5.92 Å². The van der Waals surface area contributed by atoms with E-state index >= 15 is 0 Å². The van der Waals surface area contributed by atoms with Gasteiger partial charge in [0.1, 0.15) is 5.88 Å². The Morgan fingerprint density at radius 1 is 1.67 bits per heavy atom. The Hall–Kier alpha value is -1.30. The molecule has 1 N–H and O–H groups in total. The van der Waals surface area contributed by atoms with E-state index in [1.165, 1.54) is 7.11 Å². The van der Waals surface area contributed by atoms with Gasteiger partial charge in [0.2, 0.25) is 5.91 Å². The van der Waals surface area contributed by atoms with E-state index in [1.54, 1.807) is 0 Å². The Morgan fingerprint density at radius 3 is 2.87 bits per heavy atom. The number of alkyl halides is 1. The highest BCUT2D eigenvalue weighted by Crippen LogP contribution is 2.13. The van der Waals surface area contributed by atoms with Gasteiger partial charge in [0.15, 0.2) is 0 Å². The Kier molecular flexibility index (Phi) is 3.90. The number of hydrogen-bond donors (Lipinski definition) is 1. The SMILES string of the molecule is COC(=O)CC1CN(C(=O)CCl)NC1=O. The van der Waals surface area contributed by atoms with Crippen LogP contribution in [-0.2, 0) is 19.1 Å². The van der Waals surface area contributed by atoms with Gasteiger partial charge in [-0.25, -0.2) is 0 Å². The summed E-state index contributed by atoms with van der Waals surface area (Å²) in [4.78, 5) is 33.4. The van der Waals surface area contributed by atoms with Crippen molar-refractivity contribution in [2.45, 2.75) is 6.42 Å². The molecular weight excluding hydrogens is 224 g/mol. The van der Waals surface area contributed by atoms with Crippen molar-refractivity contribution in [3.63, 3.8) is 0 Å². The summed E-state index contributed by atoms with van der Waals surface area (Å²) in [5, 5.41) is 1.11. The Balaban J connectivity index is 2.53. The number of hydrazine groups is 1. The second-order valence-electron chi connectivity index (χ2n) is 3.09. The highest BCUT2D eigenvalue weighted by Gasteiger charge is 2.34. The number of amides is 2. The maximum Gasteiger partial charge on any atom is 0.306 e. The lowest BCUT2D eigenvalue weighted by Gasteiger charge is -2.12. The molecule has 2 amide bonds. The third-order valence-electron chi connectivity index (χ3n) is 2.08. The molecule has 0 aliphatic carbocycles. The first-order valence-corrected chi connectivity index (χ1v) is 4.85. The molecule has 7 heteroatoms. The third-order valence-corrected chi connectivity index (χ3v) is 2.30. The number of nitrogens with zero attached hydrogens (tertiary/aromatic N) is 1. The maximum absolute atomic E-state index is 11.3. The number of methoxy groups -OCH3 is 1. The molecule has 0 aromatic carbocycles. The van der Waals surface area contributed by atoms with E-state index in [-0.39, 0.29) is 24.8 Å². The standard InChI is InChI=1S/C8H11ClN2O4/c1-15-7(13)2-5-4-11(6(12)3-9)10-8(5)14/h5H,2-4H2,1H3,(H,10,14). The van der Waals surface area contributed by atoms with Gasteiger partial charge in [0.05, 0.1) is 26.0 Å². The quantitative estimate of drug-likeness (QED) is 0.517. The average Bonchev–Trinajstić information content (AvgIpc) is 2.59. The zero-order chi connectivity index (χ0) is 11.4. The molecule has 0 aromatic heterocycles. The first kappa shape index (κ1) is 11.8. The molecule has 0 bridgehead atoms. The molecule has 1 aliphatic heterocycles. The molecule has 84 valence electrons. The molecule has 1 rings (SSSR count). The Labute approximate surface area is 91.5 Å². The minimum Gasteiger partial charge on any atom is -0.469 e. The molecule has 1 aliphatic rings. The van der Waals surface area contributed by atoms with Crippen LogP contribution in [0.25, 0.3) is 0 Å². The lowest BCUT2D eigenvalue weighted by atomic mass is 10.1. The van der Waals surface area contributed by atoms with Crippen LogP contribution in [0.1, 0.15) is 6.42 Å². The molecule has 1 fully saturated rings. The fourth-order valence-electron chi connectivity index (χ4n) is 1.25. The van der Waals surface area contributed by atoms with Crippen LogP contribution in [0.4, 0.5) is 0 Å². The van der Waals surface area contributed by atoms with Crippen LogP contribution in [0.3, 0.4) is 0 Å². The van der Waals surface area contributed by atoms with Crippen molar-refractivity contribution in [1.29, 1.82) is 0 Å². The molecule has 0 saturated carbocycles. The summed E-state index contributed by atoms with van der Waals surface area (Å²) < 4.78 is 4.43. The van der Waals surface area contributed by atoms with Crippen LogP contribution >= 0.6 is 11.6 Å². The molecule has 1 unspecified atom stereocenters. The largest absolute Gasteiger partial charge is 0.469 e. The van der Waals surface area contributed by atoms with Crippen LogP contribution in [0, 0.1) is 5.92 Å². The summed E-state index contributed by atoms with van der Waals surface area (Å²) in [5.74, 6) is -1.98. The van der Waals surface area contributed by atoms with Gasteiger partial charge in [-0.15, -0.1) is 11.6 Å². The van der Waals surface area contributed by atoms with E-state index in [1.807, 2.05) is 0 Å². The minimum atomic E-state index is -0.551. The zero-order valence-corrected chi connectivity index (χ0v) is 8.91. The molecular formula is C8H11ClN2O4. The van der Waals surface area contributed by atoms with Crippen molar-refractivity contribution in [3.8, 4) is 0 Å². The zero-order valence-electron chi connectivity index (χ0n) is 8.16. The van der Waals surface area contributed by atoms with Crippen molar-refractivity contribution in [2.75, 3.05) is 19.5 Å². The van der Waals surface area contributed by atoms with E-state index < -0.39 is 17.8 Å². The molecule has 0 spiro atoms. The van der Waals surface area contributed by atoms with Crippen LogP contribution in [0.2, 0.25) is 0 Å². The first-order chi connectivity index (χ1) is 7.08. The highest BCUT2D eigenvalue weighted by atomic mass is 35.5. The number of carbonyl (C=O) groups excluding carboxylic acids is 3. The van der Waals surface area contributed by atoms with Crippen molar-refractivity contribution >= 4 is 29.4 Å². The molecule has 0 aromatic rings. The summed E-state index contributed by atoms with van der Waals surface area (Å²) >= 11 is 5.33. The van der Waals surface area contributed by atoms with Gasteiger partial charge in [-0.3, -0.25) is 24.8 Å². The number of nitrogens with one attached hydrogen (secondary N) is 1. The Bertz CT molecular complexity index is 294. The molecule has 1 heterocycles. The van der Waals surface area contributed by atoms with E-state index in [0.717, 1.165) is 5.01 Å². The summed E-state index contributed by atoms with van der Waals surface area (Å²) in [7, 11) is 1.25. The number of halogens is 1.